The lowest BCUT2D eigenvalue weighted by atomic mass is 9.92. The number of amides is 3. The van der Waals surface area contributed by atoms with E-state index in [0.29, 0.717) is 6.54 Å². The second-order valence-electron chi connectivity index (χ2n) is 6.42. The molecule has 0 saturated carbocycles. The Balaban J connectivity index is 1.81. The molecule has 1 fully saturated rings. The third-order valence-electron chi connectivity index (χ3n) is 4.51. The van der Waals surface area contributed by atoms with Crippen LogP contribution < -0.4 is 20.3 Å². The summed E-state index contributed by atoms with van der Waals surface area (Å²) in [6, 6.07) is 4.85. The number of anilines is 2. The van der Waals surface area contributed by atoms with Crippen molar-refractivity contribution in [1.29, 1.82) is 0 Å². The van der Waals surface area contributed by atoms with Crippen LogP contribution >= 0.6 is 0 Å². The van der Waals surface area contributed by atoms with Crippen LogP contribution in [-0.4, -0.2) is 35.9 Å². The number of aromatic nitrogens is 1. The van der Waals surface area contributed by atoms with Crippen molar-refractivity contribution in [2.45, 2.75) is 32.2 Å². The maximum Gasteiger partial charge on any atom is 0.573 e. The molecule has 0 bridgehead atoms. The van der Waals surface area contributed by atoms with Crippen molar-refractivity contribution in [1.82, 2.24) is 10.3 Å². The molecule has 1 saturated heterocycles. The highest BCUT2D eigenvalue weighted by Crippen LogP contribution is 2.32. The van der Waals surface area contributed by atoms with Crippen LogP contribution in [0, 0.1) is 0 Å². The molecule has 0 radical (unpaired) electrons. The molecule has 29 heavy (non-hydrogen) atoms. The fraction of sp³-hybridized carbons (Fsp3) is 0.316. The van der Waals surface area contributed by atoms with Crippen LogP contribution in [0.4, 0.5) is 29.3 Å². The summed E-state index contributed by atoms with van der Waals surface area (Å²) >= 11 is 0. The van der Waals surface area contributed by atoms with Gasteiger partial charge in [0.1, 0.15) is 11.8 Å². The molecule has 3 rings (SSSR count). The number of hydrogen-bond donors (Lipinski definition) is 2. The van der Waals surface area contributed by atoms with Crippen molar-refractivity contribution >= 4 is 23.3 Å². The van der Waals surface area contributed by atoms with Gasteiger partial charge in [0.05, 0.1) is 17.6 Å². The molecule has 3 amide bonds. The van der Waals surface area contributed by atoms with Gasteiger partial charge in [0.2, 0.25) is 0 Å². The molecule has 2 unspecified atom stereocenters. The number of carbonyl (C=O) groups excluding carboxylic acids is 2. The number of halogens is 3. The fourth-order valence-corrected chi connectivity index (χ4v) is 3.20. The Kier molecular flexibility index (Phi) is 5.62. The average Bonchev–Trinajstić information content (AvgIpc) is 2.96. The largest absolute Gasteiger partial charge is 0.573 e. The Bertz CT molecular complexity index is 902. The molecule has 1 aromatic heterocycles. The second-order valence-corrected chi connectivity index (χ2v) is 6.42. The normalized spacial score (nSPS) is 17.8. The summed E-state index contributed by atoms with van der Waals surface area (Å²) in [6.45, 7) is 4.40. The molecule has 2 atom stereocenters. The van der Waals surface area contributed by atoms with E-state index >= 15 is 0 Å². The second kappa shape index (κ2) is 7.98. The van der Waals surface area contributed by atoms with Gasteiger partial charge in [-0.1, -0.05) is 6.92 Å². The molecule has 2 aromatic rings. The number of benzene rings is 1. The SMILES string of the molecule is CCNc1cnccc1C(C)C1NC(=O)N(c2ccc(OC(F)(F)F)cc2)C1=O. The minimum atomic E-state index is -4.82. The van der Waals surface area contributed by atoms with Crippen LogP contribution in [0.15, 0.2) is 42.7 Å². The first-order valence-electron chi connectivity index (χ1n) is 8.89. The molecule has 2 N–H and O–H groups in total. The van der Waals surface area contributed by atoms with E-state index in [9.17, 15) is 22.8 Å². The van der Waals surface area contributed by atoms with E-state index < -0.39 is 30.1 Å². The zero-order chi connectivity index (χ0) is 21.2. The number of rotatable bonds is 6. The van der Waals surface area contributed by atoms with E-state index in [1.807, 2.05) is 13.8 Å². The van der Waals surface area contributed by atoms with Crippen molar-refractivity contribution in [3.63, 3.8) is 0 Å². The minimum Gasteiger partial charge on any atom is -0.406 e. The maximum atomic E-state index is 12.9. The zero-order valence-corrected chi connectivity index (χ0v) is 15.7. The molecule has 2 heterocycles. The molecular formula is C19H19F3N4O3. The number of nitrogens with zero attached hydrogens (tertiary/aromatic N) is 2. The highest BCUT2D eigenvalue weighted by Gasteiger charge is 2.42. The van der Waals surface area contributed by atoms with Gasteiger partial charge in [-0.15, -0.1) is 13.2 Å². The third-order valence-corrected chi connectivity index (χ3v) is 4.51. The number of alkyl halides is 3. The van der Waals surface area contributed by atoms with Crippen LogP contribution in [0.5, 0.6) is 5.75 Å². The van der Waals surface area contributed by atoms with Crippen LogP contribution in [0.25, 0.3) is 0 Å². The number of hydrogen-bond acceptors (Lipinski definition) is 5. The number of imide groups is 1. The first kappa shape index (κ1) is 20.4. The Hall–Kier alpha value is -3.30. The standard InChI is InChI=1S/C19H19F3N4O3/c1-3-24-15-10-23-9-8-14(15)11(2)16-17(27)26(18(28)25-16)12-4-6-13(7-5-12)29-19(20,21)22/h4-11,16,24H,3H2,1-2H3,(H,25,28). The lowest BCUT2D eigenvalue weighted by molar-refractivity contribution is -0.274. The van der Waals surface area contributed by atoms with E-state index in [4.69, 9.17) is 0 Å². The van der Waals surface area contributed by atoms with E-state index in [1.165, 1.54) is 12.1 Å². The van der Waals surface area contributed by atoms with Gasteiger partial charge in [-0.2, -0.15) is 0 Å². The molecule has 1 aliphatic heterocycles. The van der Waals surface area contributed by atoms with Crippen molar-refractivity contribution in [2.24, 2.45) is 0 Å². The predicted molar refractivity (Wildman–Crippen MR) is 99.7 cm³/mol. The summed E-state index contributed by atoms with van der Waals surface area (Å²) in [5, 5.41) is 5.82. The quantitative estimate of drug-likeness (QED) is 0.713. The number of pyridine rings is 1. The molecule has 1 aromatic carbocycles. The Labute approximate surface area is 164 Å². The molecule has 0 aliphatic carbocycles. The van der Waals surface area contributed by atoms with Gasteiger partial charge in [-0.3, -0.25) is 9.78 Å². The van der Waals surface area contributed by atoms with Crippen molar-refractivity contribution < 1.29 is 27.5 Å². The summed E-state index contributed by atoms with van der Waals surface area (Å²) in [5.74, 6) is -1.29. The van der Waals surface area contributed by atoms with Crippen LogP contribution in [0.3, 0.4) is 0 Å². The number of urea groups is 1. The average molecular weight is 408 g/mol. The van der Waals surface area contributed by atoms with Gasteiger partial charge in [-0.05, 0) is 42.8 Å². The molecule has 154 valence electrons. The minimum absolute atomic E-state index is 0.151. The van der Waals surface area contributed by atoms with E-state index in [0.717, 1.165) is 28.3 Å². The maximum absolute atomic E-state index is 12.9. The van der Waals surface area contributed by atoms with Gasteiger partial charge >= 0.3 is 12.4 Å². The van der Waals surface area contributed by atoms with E-state index in [2.05, 4.69) is 20.4 Å². The summed E-state index contributed by atoms with van der Waals surface area (Å²) in [6.07, 6.45) is -1.57. The van der Waals surface area contributed by atoms with E-state index in [1.54, 1.807) is 18.5 Å². The molecular weight excluding hydrogens is 389 g/mol. The summed E-state index contributed by atoms with van der Waals surface area (Å²) in [7, 11) is 0. The first-order valence-corrected chi connectivity index (χ1v) is 8.89. The van der Waals surface area contributed by atoms with Gasteiger partial charge in [0.15, 0.2) is 0 Å². The Morgan fingerprint density at radius 1 is 1.24 bits per heavy atom. The Morgan fingerprint density at radius 2 is 1.93 bits per heavy atom. The van der Waals surface area contributed by atoms with Gasteiger partial charge in [0.25, 0.3) is 5.91 Å². The first-order chi connectivity index (χ1) is 13.7. The fourth-order valence-electron chi connectivity index (χ4n) is 3.20. The molecule has 10 heteroatoms. The zero-order valence-electron chi connectivity index (χ0n) is 15.7. The van der Waals surface area contributed by atoms with Crippen molar-refractivity contribution in [3.8, 4) is 5.75 Å². The number of nitrogens with one attached hydrogen (secondary N) is 2. The van der Waals surface area contributed by atoms with Crippen LogP contribution in [0.2, 0.25) is 0 Å². The molecule has 7 nitrogen and oxygen atoms in total. The summed E-state index contributed by atoms with van der Waals surface area (Å²) < 4.78 is 40.7. The highest BCUT2D eigenvalue weighted by molar-refractivity contribution is 6.21. The number of carbonyl (C=O) groups is 2. The summed E-state index contributed by atoms with van der Waals surface area (Å²) in [4.78, 5) is 30.3. The van der Waals surface area contributed by atoms with Crippen LogP contribution in [0.1, 0.15) is 25.3 Å². The van der Waals surface area contributed by atoms with Gasteiger partial charge in [-0.25, -0.2) is 9.69 Å². The summed E-state index contributed by atoms with van der Waals surface area (Å²) in [5.41, 5.74) is 1.73. The number of ether oxygens (including phenoxy) is 1. The Morgan fingerprint density at radius 3 is 2.55 bits per heavy atom. The topological polar surface area (TPSA) is 83.6 Å². The van der Waals surface area contributed by atoms with Gasteiger partial charge < -0.3 is 15.4 Å². The van der Waals surface area contributed by atoms with E-state index in [-0.39, 0.29) is 11.6 Å². The predicted octanol–water partition coefficient (Wildman–Crippen LogP) is 3.64. The third kappa shape index (κ3) is 4.41. The molecule has 0 spiro atoms. The highest BCUT2D eigenvalue weighted by atomic mass is 19.4. The van der Waals surface area contributed by atoms with Crippen molar-refractivity contribution in [2.75, 3.05) is 16.8 Å². The lowest BCUT2D eigenvalue weighted by Crippen LogP contribution is -2.35. The smallest absolute Gasteiger partial charge is 0.406 e. The van der Waals surface area contributed by atoms with Gasteiger partial charge in [0, 0.05) is 18.7 Å². The monoisotopic (exact) mass is 408 g/mol. The molecule has 1 aliphatic rings. The lowest BCUT2D eigenvalue weighted by Gasteiger charge is -2.21. The van der Waals surface area contributed by atoms with Crippen LogP contribution in [-0.2, 0) is 4.79 Å². The van der Waals surface area contributed by atoms with Crippen molar-refractivity contribution in [3.05, 3.63) is 48.3 Å².